The summed E-state index contributed by atoms with van der Waals surface area (Å²) >= 11 is 0. The van der Waals surface area contributed by atoms with Crippen molar-refractivity contribution in [3.05, 3.63) is 107 Å². The number of nitrogens with zero attached hydrogens (tertiary/aromatic N) is 3. The van der Waals surface area contributed by atoms with Gasteiger partial charge in [0.05, 0.1) is 10.9 Å². The van der Waals surface area contributed by atoms with Crippen LogP contribution in [-0.4, -0.2) is 14.5 Å². The highest BCUT2D eigenvalue weighted by atomic mass is 16.1. The predicted molar refractivity (Wildman–Crippen MR) is 117 cm³/mol. The van der Waals surface area contributed by atoms with Crippen molar-refractivity contribution in [3.63, 3.8) is 0 Å². The lowest BCUT2D eigenvalue weighted by Crippen LogP contribution is -2.21. The first-order valence-corrected chi connectivity index (χ1v) is 9.67. The van der Waals surface area contributed by atoms with E-state index >= 15 is 0 Å². The van der Waals surface area contributed by atoms with Crippen molar-refractivity contribution >= 4 is 21.7 Å². The fourth-order valence-corrected chi connectivity index (χ4v) is 3.76. The molecule has 3 heterocycles. The summed E-state index contributed by atoms with van der Waals surface area (Å²) in [5.41, 5.74) is 3.93. The monoisotopic (exact) mass is 377 g/mol. The van der Waals surface area contributed by atoms with Crippen molar-refractivity contribution in [2.24, 2.45) is 0 Å². The summed E-state index contributed by atoms with van der Waals surface area (Å²) in [4.78, 5) is 22.1. The maximum Gasteiger partial charge on any atom is 0.259 e. The van der Waals surface area contributed by atoms with Crippen LogP contribution in [0.3, 0.4) is 0 Å². The zero-order valence-electron chi connectivity index (χ0n) is 15.8. The van der Waals surface area contributed by atoms with E-state index in [1.807, 2.05) is 66.9 Å². The van der Waals surface area contributed by atoms with Crippen molar-refractivity contribution < 1.29 is 0 Å². The Morgan fingerprint density at radius 3 is 2.52 bits per heavy atom. The van der Waals surface area contributed by atoms with Gasteiger partial charge in [-0.3, -0.25) is 14.8 Å². The molecule has 0 fully saturated rings. The average Bonchev–Trinajstić information content (AvgIpc) is 2.79. The van der Waals surface area contributed by atoms with Crippen LogP contribution < -0.4 is 5.56 Å². The Labute approximate surface area is 168 Å². The van der Waals surface area contributed by atoms with Gasteiger partial charge < -0.3 is 4.57 Å². The lowest BCUT2D eigenvalue weighted by atomic mass is 10.0. The van der Waals surface area contributed by atoms with Crippen LogP contribution in [0.15, 0.2) is 96.2 Å². The molecule has 0 aliphatic rings. The van der Waals surface area contributed by atoms with Gasteiger partial charge in [0.25, 0.3) is 5.56 Å². The molecule has 5 aromatic rings. The predicted octanol–water partition coefficient (Wildman–Crippen LogP) is 4.85. The smallest absolute Gasteiger partial charge is 0.259 e. The van der Waals surface area contributed by atoms with Gasteiger partial charge in [-0.05, 0) is 46.8 Å². The lowest BCUT2D eigenvalue weighted by molar-refractivity contribution is 0.667. The Bertz CT molecular complexity index is 1370. The molecule has 140 valence electrons. The normalized spacial score (nSPS) is 11.2. The number of hydrogen-bond acceptors (Lipinski definition) is 3. The van der Waals surface area contributed by atoms with Crippen LogP contribution in [0.2, 0.25) is 0 Å². The summed E-state index contributed by atoms with van der Waals surface area (Å²) in [6, 6.07) is 24.0. The van der Waals surface area contributed by atoms with Crippen LogP contribution in [0.1, 0.15) is 5.69 Å². The maximum atomic E-state index is 13.3. The molecule has 2 aromatic carbocycles. The first-order valence-electron chi connectivity index (χ1n) is 9.67. The van der Waals surface area contributed by atoms with Crippen LogP contribution >= 0.6 is 0 Å². The molecule has 0 N–H and O–H groups in total. The largest absolute Gasteiger partial charge is 0.315 e. The Balaban J connectivity index is 1.52. The van der Waals surface area contributed by atoms with E-state index in [-0.39, 0.29) is 5.56 Å². The summed E-state index contributed by atoms with van der Waals surface area (Å²) in [7, 11) is 0. The van der Waals surface area contributed by atoms with Crippen LogP contribution in [-0.2, 0) is 13.0 Å². The van der Waals surface area contributed by atoms with Crippen molar-refractivity contribution in [1.29, 1.82) is 0 Å². The maximum absolute atomic E-state index is 13.3. The Morgan fingerprint density at radius 1 is 0.793 bits per heavy atom. The van der Waals surface area contributed by atoms with Gasteiger partial charge in [0, 0.05) is 42.6 Å². The SMILES string of the molecule is O=c1c2c(-c3ccncc3)cccc2ccn1CCc1ccc2ccccc2n1. The summed E-state index contributed by atoms with van der Waals surface area (Å²) in [6.07, 6.45) is 6.08. The first-order chi connectivity index (χ1) is 14.3. The standard InChI is InChI=1S/C25H19N3O/c29-25-24-20(5-3-6-22(24)18-10-14-26-15-11-18)12-16-28(25)17-13-21-9-8-19-4-1-2-7-23(19)27-21/h1-12,14-16H,13,17H2. The van der Waals surface area contributed by atoms with Crippen LogP contribution in [0.4, 0.5) is 0 Å². The topological polar surface area (TPSA) is 47.8 Å². The number of hydrogen-bond donors (Lipinski definition) is 0. The minimum absolute atomic E-state index is 0.0238. The van der Waals surface area contributed by atoms with E-state index < -0.39 is 0 Å². The first kappa shape index (κ1) is 17.3. The quantitative estimate of drug-likeness (QED) is 0.450. The average molecular weight is 377 g/mol. The van der Waals surface area contributed by atoms with E-state index in [0.717, 1.165) is 38.5 Å². The third-order valence-electron chi connectivity index (χ3n) is 5.26. The van der Waals surface area contributed by atoms with Gasteiger partial charge in [0.2, 0.25) is 0 Å². The van der Waals surface area contributed by atoms with E-state index in [1.165, 1.54) is 0 Å². The molecule has 0 amide bonds. The molecule has 0 saturated heterocycles. The summed E-state index contributed by atoms with van der Waals surface area (Å²) < 4.78 is 1.78. The van der Waals surface area contributed by atoms with Crippen molar-refractivity contribution in [2.45, 2.75) is 13.0 Å². The Kier molecular flexibility index (Phi) is 4.37. The molecule has 3 aromatic heterocycles. The number of para-hydroxylation sites is 1. The van der Waals surface area contributed by atoms with E-state index in [4.69, 9.17) is 4.98 Å². The molecule has 0 bridgehead atoms. The number of aromatic nitrogens is 3. The van der Waals surface area contributed by atoms with E-state index in [0.29, 0.717) is 13.0 Å². The Morgan fingerprint density at radius 2 is 1.62 bits per heavy atom. The van der Waals surface area contributed by atoms with E-state index in [9.17, 15) is 4.79 Å². The summed E-state index contributed by atoms with van der Waals surface area (Å²) in [6.45, 7) is 0.588. The second-order valence-corrected chi connectivity index (χ2v) is 7.07. The highest BCUT2D eigenvalue weighted by Crippen LogP contribution is 2.25. The number of rotatable bonds is 4. The second-order valence-electron chi connectivity index (χ2n) is 7.07. The van der Waals surface area contributed by atoms with E-state index in [1.54, 1.807) is 17.0 Å². The van der Waals surface area contributed by atoms with Gasteiger partial charge in [0.15, 0.2) is 0 Å². The minimum atomic E-state index is 0.0238. The second kappa shape index (κ2) is 7.32. The fourth-order valence-electron chi connectivity index (χ4n) is 3.76. The van der Waals surface area contributed by atoms with Crippen LogP contribution in [0, 0.1) is 0 Å². The molecule has 0 aliphatic heterocycles. The molecule has 5 rings (SSSR count). The molecule has 0 spiro atoms. The van der Waals surface area contributed by atoms with E-state index in [2.05, 4.69) is 17.1 Å². The molecule has 0 aliphatic carbocycles. The highest BCUT2D eigenvalue weighted by Gasteiger charge is 2.10. The molecular formula is C25H19N3O. The molecule has 0 atom stereocenters. The number of pyridine rings is 3. The number of fused-ring (bicyclic) bond motifs is 2. The van der Waals surface area contributed by atoms with Crippen molar-refractivity contribution in [2.75, 3.05) is 0 Å². The molecular weight excluding hydrogens is 358 g/mol. The minimum Gasteiger partial charge on any atom is -0.315 e. The molecule has 0 radical (unpaired) electrons. The highest BCUT2D eigenvalue weighted by molar-refractivity contribution is 5.95. The fraction of sp³-hybridized carbons (Fsp3) is 0.0800. The van der Waals surface area contributed by atoms with Gasteiger partial charge in [0.1, 0.15) is 0 Å². The lowest BCUT2D eigenvalue weighted by Gasteiger charge is -2.11. The Hall–Kier alpha value is -3.79. The van der Waals surface area contributed by atoms with Crippen molar-refractivity contribution in [3.8, 4) is 11.1 Å². The van der Waals surface area contributed by atoms with Gasteiger partial charge >= 0.3 is 0 Å². The zero-order valence-corrected chi connectivity index (χ0v) is 15.8. The van der Waals surface area contributed by atoms with Crippen LogP contribution in [0.25, 0.3) is 32.8 Å². The third kappa shape index (κ3) is 3.29. The molecule has 4 heteroatoms. The van der Waals surface area contributed by atoms with Gasteiger partial charge in [-0.25, -0.2) is 0 Å². The number of aryl methyl sites for hydroxylation is 2. The molecule has 4 nitrogen and oxygen atoms in total. The van der Waals surface area contributed by atoms with Gasteiger partial charge in [-0.2, -0.15) is 0 Å². The van der Waals surface area contributed by atoms with Gasteiger partial charge in [-0.15, -0.1) is 0 Å². The molecule has 0 saturated carbocycles. The summed E-state index contributed by atoms with van der Waals surface area (Å²) in [5, 5.41) is 2.82. The van der Waals surface area contributed by atoms with Crippen molar-refractivity contribution in [1.82, 2.24) is 14.5 Å². The summed E-state index contributed by atoms with van der Waals surface area (Å²) in [5.74, 6) is 0. The zero-order chi connectivity index (χ0) is 19.6. The molecule has 0 unspecified atom stereocenters. The van der Waals surface area contributed by atoms with Crippen LogP contribution in [0.5, 0.6) is 0 Å². The number of benzene rings is 2. The molecule has 29 heavy (non-hydrogen) atoms. The third-order valence-corrected chi connectivity index (χ3v) is 5.26. The van der Waals surface area contributed by atoms with Gasteiger partial charge in [-0.1, -0.05) is 42.5 Å².